The number of benzene rings is 1. The van der Waals surface area contributed by atoms with Gasteiger partial charge in [-0.15, -0.1) is 0 Å². The molecular formula is C12H9ClN2O3. The van der Waals surface area contributed by atoms with Crippen molar-refractivity contribution in [2.75, 3.05) is 5.32 Å². The molecular weight excluding hydrogens is 256 g/mol. The average molecular weight is 265 g/mol. The van der Waals surface area contributed by atoms with Crippen molar-refractivity contribution in [2.45, 2.75) is 6.42 Å². The topological polar surface area (TPSA) is 90.2 Å². The molecule has 92 valence electrons. The Labute approximate surface area is 108 Å². The molecule has 0 unspecified atom stereocenters. The van der Waals surface area contributed by atoms with Crippen LogP contribution in [-0.2, 0) is 9.59 Å². The van der Waals surface area contributed by atoms with Crippen LogP contribution in [0.3, 0.4) is 0 Å². The van der Waals surface area contributed by atoms with Crippen LogP contribution in [0.25, 0.3) is 0 Å². The summed E-state index contributed by atoms with van der Waals surface area (Å²) < 4.78 is 0. The molecule has 0 heterocycles. The fourth-order valence-electron chi connectivity index (χ4n) is 1.67. The van der Waals surface area contributed by atoms with E-state index >= 15 is 0 Å². The summed E-state index contributed by atoms with van der Waals surface area (Å²) in [4.78, 5) is 22.4. The van der Waals surface area contributed by atoms with E-state index in [0.29, 0.717) is 22.7 Å². The second-order valence-corrected chi connectivity index (χ2v) is 4.49. The zero-order valence-electron chi connectivity index (χ0n) is 9.18. The number of nitriles is 1. The van der Waals surface area contributed by atoms with E-state index in [9.17, 15) is 9.59 Å². The first-order chi connectivity index (χ1) is 8.52. The highest BCUT2D eigenvalue weighted by atomic mass is 35.5. The number of hydrogen-bond acceptors (Lipinski definition) is 3. The largest absolute Gasteiger partial charge is 0.481 e. The monoisotopic (exact) mass is 264 g/mol. The second-order valence-electron chi connectivity index (χ2n) is 4.08. The van der Waals surface area contributed by atoms with Crippen molar-refractivity contribution in [1.82, 2.24) is 0 Å². The first-order valence-electron chi connectivity index (χ1n) is 5.26. The normalized spacial score (nSPS) is 20.9. The van der Waals surface area contributed by atoms with Crippen molar-refractivity contribution in [2.24, 2.45) is 11.8 Å². The van der Waals surface area contributed by atoms with E-state index in [-0.39, 0.29) is 5.91 Å². The van der Waals surface area contributed by atoms with Crippen LogP contribution < -0.4 is 5.32 Å². The molecule has 0 bridgehead atoms. The summed E-state index contributed by atoms with van der Waals surface area (Å²) in [5, 5.41) is 20.3. The van der Waals surface area contributed by atoms with Gasteiger partial charge in [-0.05, 0) is 24.6 Å². The third-order valence-electron chi connectivity index (χ3n) is 2.80. The number of anilines is 1. The lowest BCUT2D eigenvalue weighted by molar-refractivity contribution is -0.139. The Bertz CT molecular complexity index is 565. The predicted molar refractivity (Wildman–Crippen MR) is 64.0 cm³/mol. The minimum Gasteiger partial charge on any atom is -0.481 e. The smallest absolute Gasteiger partial charge is 0.307 e. The van der Waals surface area contributed by atoms with E-state index in [1.165, 1.54) is 18.2 Å². The Kier molecular flexibility index (Phi) is 3.21. The number of carbonyl (C=O) groups is 2. The van der Waals surface area contributed by atoms with Gasteiger partial charge in [0.1, 0.15) is 0 Å². The van der Waals surface area contributed by atoms with Gasteiger partial charge >= 0.3 is 5.97 Å². The number of carbonyl (C=O) groups excluding carboxylic acids is 1. The number of aliphatic carboxylic acids is 1. The van der Waals surface area contributed by atoms with Gasteiger partial charge in [0.25, 0.3) is 0 Å². The fourth-order valence-corrected chi connectivity index (χ4v) is 1.84. The van der Waals surface area contributed by atoms with Gasteiger partial charge in [-0.3, -0.25) is 9.59 Å². The van der Waals surface area contributed by atoms with Gasteiger partial charge in [0, 0.05) is 0 Å². The van der Waals surface area contributed by atoms with Gasteiger partial charge < -0.3 is 10.4 Å². The maximum absolute atomic E-state index is 11.7. The molecule has 1 aliphatic carbocycles. The van der Waals surface area contributed by atoms with Crippen molar-refractivity contribution < 1.29 is 14.7 Å². The van der Waals surface area contributed by atoms with E-state index in [1.807, 2.05) is 6.07 Å². The summed E-state index contributed by atoms with van der Waals surface area (Å²) in [5.74, 6) is -2.46. The van der Waals surface area contributed by atoms with Crippen LogP contribution >= 0.6 is 11.6 Å². The Morgan fingerprint density at radius 1 is 1.44 bits per heavy atom. The lowest BCUT2D eigenvalue weighted by Gasteiger charge is -2.06. The summed E-state index contributed by atoms with van der Waals surface area (Å²) >= 11 is 5.88. The summed E-state index contributed by atoms with van der Waals surface area (Å²) in [6, 6.07) is 6.44. The molecule has 0 saturated heterocycles. The van der Waals surface area contributed by atoms with Gasteiger partial charge in [0.05, 0.1) is 34.2 Å². The third-order valence-corrected chi connectivity index (χ3v) is 3.13. The Morgan fingerprint density at radius 2 is 2.17 bits per heavy atom. The number of rotatable bonds is 3. The number of amides is 1. The summed E-state index contributed by atoms with van der Waals surface area (Å²) in [5.41, 5.74) is 0.706. The molecule has 1 amide bonds. The zero-order valence-corrected chi connectivity index (χ0v) is 9.94. The van der Waals surface area contributed by atoms with Gasteiger partial charge in [0.15, 0.2) is 0 Å². The first-order valence-corrected chi connectivity index (χ1v) is 5.64. The number of carboxylic acids is 1. The lowest BCUT2D eigenvalue weighted by atomic mass is 10.2. The number of carboxylic acid groups (broad SMARTS) is 1. The first kappa shape index (κ1) is 12.4. The Balaban J connectivity index is 2.09. The third kappa shape index (κ3) is 2.44. The van der Waals surface area contributed by atoms with Crippen LogP contribution in [0.5, 0.6) is 0 Å². The molecule has 2 atom stereocenters. The summed E-state index contributed by atoms with van der Waals surface area (Å²) in [6.07, 6.45) is 0.344. The molecule has 0 aliphatic heterocycles. The average Bonchev–Trinajstić information content (AvgIpc) is 3.12. The van der Waals surface area contributed by atoms with Crippen molar-refractivity contribution in [3.8, 4) is 6.07 Å². The predicted octanol–water partition coefficient (Wildman–Crippen LogP) is 1.87. The molecule has 0 spiro atoms. The van der Waals surface area contributed by atoms with Crippen LogP contribution in [0.2, 0.25) is 5.02 Å². The molecule has 1 saturated carbocycles. The van der Waals surface area contributed by atoms with Crippen LogP contribution in [0, 0.1) is 23.2 Å². The minimum atomic E-state index is -0.966. The maximum Gasteiger partial charge on any atom is 0.307 e. The van der Waals surface area contributed by atoms with Gasteiger partial charge in [-0.25, -0.2) is 0 Å². The van der Waals surface area contributed by atoms with Crippen molar-refractivity contribution in [3.63, 3.8) is 0 Å². The standard InChI is InChI=1S/C12H9ClN2O3/c13-9-2-1-6(5-14)3-10(9)15-11(16)7-4-8(7)12(17)18/h1-3,7-8H,4H2,(H,15,16)(H,17,18)/t7-,8+/m1/s1. The number of nitrogens with zero attached hydrogens (tertiary/aromatic N) is 1. The van der Waals surface area contributed by atoms with E-state index in [4.69, 9.17) is 22.0 Å². The molecule has 2 N–H and O–H groups in total. The molecule has 6 heteroatoms. The maximum atomic E-state index is 11.7. The highest BCUT2D eigenvalue weighted by molar-refractivity contribution is 6.33. The van der Waals surface area contributed by atoms with Crippen LogP contribution in [-0.4, -0.2) is 17.0 Å². The number of nitrogens with one attached hydrogen (secondary N) is 1. The van der Waals surface area contributed by atoms with Crippen molar-refractivity contribution >= 4 is 29.2 Å². The quantitative estimate of drug-likeness (QED) is 0.872. The van der Waals surface area contributed by atoms with Crippen molar-refractivity contribution in [3.05, 3.63) is 28.8 Å². The highest BCUT2D eigenvalue weighted by Crippen LogP contribution is 2.39. The lowest BCUT2D eigenvalue weighted by Crippen LogP contribution is -2.17. The SMILES string of the molecule is N#Cc1ccc(Cl)c(NC(=O)[C@@H]2C[C@@H]2C(=O)O)c1. The minimum absolute atomic E-state index is 0.315. The number of halogens is 1. The summed E-state index contributed by atoms with van der Waals surface area (Å²) in [7, 11) is 0. The molecule has 5 nitrogen and oxygen atoms in total. The molecule has 1 aromatic carbocycles. The van der Waals surface area contributed by atoms with Gasteiger partial charge in [0.2, 0.25) is 5.91 Å². The van der Waals surface area contributed by atoms with Gasteiger partial charge in [-0.2, -0.15) is 5.26 Å². The fraction of sp³-hybridized carbons (Fsp3) is 0.250. The van der Waals surface area contributed by atoms with Gasteiger partial charge in [-0.1, -0.05) is 11.6 Å². The van der Waals surface area contributed by atoms with E-state index in [0.717, 1.165) is 0 Å². The van der Waals surface area contributed by atoms with Crippen LogP contribution in [0.1, 0.15) is 12.0 Å². The number of hydrogen-bond donors (Lipinski definition) is 2. The Hall–Kier alpha value is -2.06. The molecule has 1 aliphatic rings. The molecule has 1 aromatic rings. The molecule has 0 radical (unpaired) electrons. The van der Waals surface area contributed by atoms with E-state index < -0.39 is 17.8 Å². The van der Waals surface area contributed by atoms with E-state index in [2.05, 4.69) is 5.32 Å². The van der Waals surface area contributed by atoms with Crippen molar-refractivity contribution in [1.29, 1.82) is 5.26 Å². The molecule has 18 heavy (non-hydrogen) atoms. The second kappa shape index (κ2) is 4.67. The van der Waals surface area contributed by atoms with E-state index in [1.54, 1.807) is 0 Å². The van der Waals surface area contributed by atoms with Crippen LogP contribution in [0.15, 0.2) is 18.2 Å². The zero-order chi connectivity index (χ0) is 13.3. The molecule has 0 aromatic heterocycles. The molecule has 1 fully saturated rings. The molecule has 2 rings (SSSR count). The van der Waals surface area contributed by atoms with Crippen LogP contribution in [0.4, 0.5) is 5.69 Å². The Morgan fingerprint density at radius 3 is 2.72 bits per heavy atom. The summed E-state index contributed by atoms with van der Waals surface area (Å²) in [6.45, 7) is 0. The highest BCUT2D eigenvalue weighted by Gasteiger charge is 2.48.